The third kappa shape index (κ3) is 5.44. The predicted octanol–water partition coefficient (Wildman–Crippen LogP) is 5.47. The molecule has 0 aromatic heterocycles. The number of anilines is 1. The van der Waals surface area contributed by atoms with Crippen LogP contribution >= 0.6 is 0 Å². The zero-order chi connectivity index (χ0) is 19.8. The minimum atomic E-state index is -0.859. The molecule has 148 valence electrons. The van der Waals surface area contributed by atoms with Gasteiger partial charge in [-0.3, -0.25) is 4.79 Å². The minimum Gasteiger partial charge on any atom is -0.478 e. The summed E-state index contributed by atoms with van der Waals surface area (Å²) in [5, 5.41) is 12.4. The van der Waals surface area contributed by atoms with Crippen LogP contribution in [0.4, 0.5) is 5.69 Å². The van der Waals surface area contributed by atoms with Gasteiger partial charge < -0.3 is 10.4 Å². The number of carboxylic acids is 1. The van der Waals surface area contributed by atoms with Crippen molar-refractivity contribution in [3.8, 4) is 0 Å². The Morgan fingerprint density at radius 3 is 2.18 bits per heavy atom. The van der Waals surface area contributed by atoms with Gasteiger partial charge in [-0.25, -0.2) is 4.79 Å². The van der Waals surface area contributed by atoms with Gasteiger partial charge in [-0.1, -0.05) is 55.7 Å². The highest BCUT2D eigenvalue weighted by atomic mass is 16.4. The first-order chi connectivity index (χ1) is 13.6. The second kappa shape index (κ2) is 10.1. The van der Waals surface area contributed by atoms with Crippen LogP contribution in [0.15, 0.2) is 48.5 Å². The topological polar surface area (TPSA) is 66.4 Å². The van der Waals surface area contributed by atoms with Crippen molar-refractivity contribution >= 4 is 17.6 Å². The van der Waals surface area contributed by atoms with Crippen molar-refractivity contribution < 1.29 is 14.7 Å². The lowest BCUT2D eigenvalue weighted by molar-refractivity contribution is -0.119. The maximum absolute atomic E-state index is 12.4. The fraction of sp³-hybridized carbons (Fsp3) is 0.417. The molecule has 0 spiro atoms. The van der Waals surface area contributed by atoms with Gasteiger partial charge in [0.1, 0.15) is 0 Å². The van der Waals surface area contributed by atoms with E-state index >= 15 is 0 Å². The molecule has 3 rings (SSSR count). The summed E-state index contributed by atoms with van der Waals surface area (Å²) in [6, 6.07) is 15.3. The fourth-order valence-corrected chi connectivity index (χ4v) is 4.04. The summed E-state index contributed by atoms with van der Waals surface area (Å²) in [7, 11) is 0. The third-order valence-corrected chi connectivity index (χ3v) is 5.64. The van der Waals surface area contributed by atoms with E-state index in [1.807, 2.05) is 30.3 Å². The fourth-order valence-electron chi connectivity index (χ4n) is 4.04. The molecule has 0 atom stereocenters. The molecule has 1 aliphatic carbocycles. The van der Waals surface area contributed by atoms with Gasteiger partial charge in [0.05, 0.1) is 5.56 Å². The molecule has 1 aliphatic rings. The Balaban J connectivity index is 1.47. The van der Waals surface area contributed by atoms with Crippen LogP contribution in [0.5, 0.6) is 0 Å². The molecular formula is C24H29NO3. The summed E-state index contributed by atoms with van der Waals surface area (Å²) in [4.78, 5) is 23.7. The quantitative estimate of drug-likeness (QED) is 0.568. The average Bonchev–Trinajstić information content (AvgIpc) is 3.24. The van der Waals surface area contributed by atoms with Gasteiger partial charge >= 0.3 is 5.97 Å². The molecule has 4 heteroatoms. The number of unbranched alkanes of at least 4 members (excludes halogenated alkanes) is 2. The number of rotatable bonds is 9. The highest BCUT2D eigenvalue weighted by Crippen LogP contribution is 2.27. The first kappa shape index (κ1) is 20.1. The van der Waals surface area contributed by atoms with Crippen molar-refractivity contribution in [3.05, 3.63) is 65.2 Å². The molecule has 2 aromatic rings. The Labute approximate surface area is 167 Å². The highest BCUT2D eigenvalue weighted by Gasteiger charge is 2.23. The molecule has 1 saturated carbocycles. The van der Waals surface area contributed by atoms with E-state index in [1.165, 1.54) is 5.56 Å². The lowest BCUT2D eigenvalue weighted by Gasteiger charge is -2.14. The van der Waals surface area contributed by atoms with E-state index in [0.717, 1.165) is 69.0 Å². The third-order valence-electron chi connectivity index (χ3n) is 5.64. The van der Waals surface area contributed by atoms with Crippen LogP contribution in [0.1, 0.15) is 66.4 Å². The smallest absolute Gasteiger partial charge is 0.335 e. The van der Waals surface area contributed by atoms with Crippen molar-refractivity contribution in [2.45, 2.75) is 57.8 Å². The number of hydrogen-bond acceptors (Lipinski definition) is 2. The van der Waals surface area contributed by atoms with E-state index in [9.17, 15) is 14.7 Å². The highest BCUT2D eigenvalue weighted by molar-refractivity contribution is 5.93. The molecule has 0 heterocycles. The number of carbonyl (C=O) groups excluding carboxylic acids is 1. The number of carboxylic acid groups (broad SMARTS) is 1. The number of benzene rings is 2. The van der Waals surface area contributed by atoms with E-state index in [1.54, 1.807) is 12.1 Å². The largest absolute Gasteiger partial charge is 0.478 e. The van der Waals surface area contributed by atoms with Crippen molar-refractivity contribution in [2.75, 3.05) is 5.32 Å². The van der Waals surface area contributed by atoms with Gasteiger partial charge in [-0.05, 0) is 61.8 Å². The Kier molecular flexibility index (Phi) is 7.24. The Hall–Kier alpha value is -2.62. The standard InChI is InChI=1S/C24H29NO3/c26-23(20-14-4-5-15-20)25-22-17-9-7-13-19(22)12-3-1-2-10-18-11-6-8-16-21(18)24(27)28/h6-9,11,13,16-17,20H,1-5,10,12,14-15H2,(H,25,26)(H,27,28). The van der Waals surface area contributed by atoms with Crippen LogP contribution in [0.2, 0.25) is 0 Å². The molecule has 0 unspecified atom stereocenters. The van der Waals surface area contributed by atoms with E-state index in [-0.39, 0.29) is 11.8 Å². The Morgan fingerprint density at radius 2 is 1.46 bits per heavy atom. The number of aromatic carboxylic acids is 1. The van der Waals surface area contributed by atoms with Gasteiger partial charge in [0.2, 0.25) is 5.91 Å². The maximum Gasteiger partial charge on any atom is 0.335 e. The maximum atomic E-state index is 12.4. The summed E-state index contributed by atoms with van der Waals surface area (Å²) >= 11 is 0. The summed E-state index contributed by atoms with van der Waals surface area (Å²) < 4.78 is 0. The second-order valence-corrected chi connectivity index (χ2v) is 7.65. The van der Waals surface area contributed by atoms with E-state index in [2.05, 4.69) is 11.4 Å². The number of aryl methyl sites for hydroxylation is 2. The summed E-state index contributed by atoms with van der Waals surface area (Å²) in [5.74, 6) is -0.528. The number of carbonyl (C=O) groups is 2. The van der Waals surface area contributed by atoms with E-state index in [0.29, 0.717) is 5.56 Å². The summed E-state index contributed by atoms with van der Waals surface area (Å²) in [6.07, 6.45) is 9.03. The molecule has 1 fully saturated rings. The lowest BCUT2D eigenvalue weighted by Crippen LogP contribution is -2.21. The number of para-hydroxylation sites is 1. The van der Waals surface area contributed by atoms with Gasteiger partial charge in [-0.2, -0.15) is 0 Å². The predicted molar refractivity (Wildman–Crippen MR) is 112 cm³/mol. The SMILES string of the molecule is O=C(O)c1ccccc1CCCCCc1ccccc1NC(=O)C1CCCC1. The summed E-state index contributed by atoms with van der Waals surface area (Å²) in [5.41, 5.74) is 3.43. The zero-order valence-electron chi connectivity index (χ0n) is 16.3. The van der Waals surface area contributed by atoms with Gasteiger partial charge in [0.15, 0.2) is 0 Å². The molecule has 0 saturated heterocycles. The van der Waals surface area contributed by atoms with Crippen molar-refractivity contribution in [1.29, 1.82) is 0 Å². The Bertz CT molecular complexity index is 809. The zero-order valence-corrected chi connectivity index (χ0v) is 16.3. The van der Waals surface area contributed by atoms with Crippen LogP contribution < -0.4 is 5.32 Å². The first-order valence-electron chi connectivity index (χ1n) is 10.3. The van der Waals surface area contributed by atoms with Crippen LogP contribution in [0.3, 0.4) is 0 Å². The molecule has 0 aliphatic heterocycles. The average molecular weight is 380 g/mol. The number of nitrogens with one attached hydrogen (secondary N) is 1. The van der Waals surface area contributed by atoms with Crippen LogP contribution in [-0.4, -0.2) is 17.0 Å². The molecule has 0 radical (unpaired) electrons. The van der Waals surface area contributed by atoms with Gasteiger partial charge in [0.25, 0.3) is 0 Å². The molecule has 2 aromatic carbocycles. The van der Waals surface area contributed by atoms with Crippen LogP contribution in [0.25, 0.3) is 0 Å². The summed E-state index contributed by atoms with van der Waals surface area (Å²) in [6.45, 7) is 0. The Morgan fingerprint density at radius 1 is 0.857 bits per heavy atom. The van der Waals surface area contributed by atoms with Crippen molar-refractivity contribution in [3.63, 3.8) is 0 Å². The van der Waals surface area contributed by atoms with Gasteiger partial charge in [0, 0.05) is 11.6 Å². The molecule has 28 heavy (non-hydrogen) atoms. The monoisotopic (exact) mass is 379 g/mol. The minimum absolute atomic E-state index is 0.162. The second-order valence-electron chi connectivity index (χ2n) is 7.65. The molecule has 1 amide bonds. The van der Waals surface area contributed by atoms with E-state index < -0.39 is 5.97 Å². The van der Waals surface area contributed by atoms with Crippen LogP contribution in [0, 0.1) is 5.92 Å². The van der Waals surface area contributed by atoms with Crippen molar-refractivity contribution in [1.82, 2.24) is 0 Å². The van der Waals surface area contributed by atoms with Crippen LogP contribution in [-0.2, 0) is 17.6 Å². The van der Waals surface area contributed by atoms with Crippen molar-refractivity contribution in [2.24, 2.45) is 5.92 Å². The number of amides is 1. The number of hydrogen-bond donors (Lipinski definition) is 2. The van der Waals surface area contributed by atoms with E-state index in [4.69, 9.17) is 0 Å². The lowest BCUT2D eigenvalue weighted by atomic mass is 9.99. The normalized spacial score (nSPS) is 14.1. The molecule has 4 nitrogen and oxygen atoms in total. The molecule has 2 N–H and O–H groups in total. The molecule has 0 bridgehead atoms. The van der Waals surface area contributed by atoms with Gasteiger partial charge in [-0.15, -0.1) is 0 Å². The molecular weight excluding hydrogens is 350 g/mol. The first-order valence-corrected chi connectivity index (χ1v) is 10.3.